The Morgan fingerprint density at radius 1 is 1.07 bits per heavy atom. The Morgan fingerprint density at radius 3 is 2.37 bits per heavy atom. The van der Waals surface area contributed by atoms with Gasteiger partial charge in [-0.1, -0.05) is 58.4 Å². The highest BCUT2D eigenvalue weighted by atomic mass is 79.9. The number of carbonyl (C=O) groups is 2. The maximum atomic E-state index is 12.8. The molecular weight excluding hydrogens is 424 g/mol. The minimum absolute atomic E-state index is 0.00502. The van der Waals surface area contributed by atoms with Crippen LogP contribution < -0.4 is 5.32 Å². The van der Waals surface area contributed by atoms with Crippen LogP contribution in [0.15, 0.2) is 59.1 Å². The summed E-state index contributed by atoms with van der Waals surface area (Å²) < 4.78 is 0.987. The van der Waals surface area contributed by atoms with Gasteiger partial charge < -0.3 is 10.2 Å². The number of likely N-dealkylation sites (N-methyl/N-ethyl adjacent to an activating group) is 1. The molecule has 0 aliphatic heterocycles. The van der Waals surface area contributed by atoms with Crippen LogP contribution in [-0.4, -0.2) is 35.6 Å². The summed E-state index contributed by atoms with van der Waals surface area (Å²) in [4.78, 5) is 26.6. The summed E-state index contributed by atoms with van der Waals surface area (Å²) in [7, 11) is 1.59. The number of halogens is 1. The number of carbonyl (C=O) groups excluding carboxylic acids is 2. The molecule has 0 aliphatic carbocycles. The molecular formula is C21H25BrN2O2S. The number of nitrogens with one attached hydrogen (secondary N) is 1. The fourth-order valence-electron chi connectivity index (χ4n) is 2.65. The van der Waals surface area contributed by atoms with E-state index in [2.05, 4.69) is 33.4 Å². The molecule has 6 heteroatoms. The largest absolute Gasteiger partial charge is 0.357 e. The Bertz CT molecular complexity index is 738. The third kappa shape index (κ3) is 7.03. The van der Waals surface area contributed by atoms with E-state index >= 15 is 0 Å². The van der Waals surface area contributed by atoms with Gasteiger partial charge in [0.05, 0.1) is 0 Å². The second-order valence-electron chi connectivity index (χ2n) is 6.23. The Hall–Kier alpha value is -1.79. The van der Waals surface area contributed by atoms with Crippen molar-refractivity contribution in [2.24, 2.45) is 0 Å². The minimum atomic E-state index is -0.509. The number of rotatable bonds is 9. The average molecular weight is 449 g/mol. The van der Waals surface area contributed by atoms with Crippen molar-refractivity contribution in [1.29, 1.82) is 0 Å². The zero-order valence-electron chi connectivity index (χ0n) is 15.7. The molecule has 2 amide bonds. The van der Waals surface area contributed by atoms with Crippen LogP contribution in [0.5, 0.6) is 0 Å². The van der Waals surface area contributed by atoms with Gasteiger partial charge in [-0.05, 0) is 30.2 Å². The molecule has 2 rings (SSSR count). The zero-order valence-corrected chi connectivity index (χ0v) is 18.1. The highest BCUT2D eigenvalue weighted by molar-refractivity contribution is 9.10. The number of hydrogen-bond acceptors (Lipinski definition) is 3. The van der Waals surface area contributed by atoms with Gasteiger partial charge in [-0.2, -0.15) is 11.8 Å². The van der Waals surface area contributed by atoms with Crippen molar-refractivity contribution in [2.45, 2.75) is 31.7 Å². The molecule has 2 aromatic rings. The monoisotopic (exact) mass is 448 g/mol. The summed E-state index contributed by atoms with van der Waals surface area (Å²) >= 11 is 5.15. The molecule has 0 aromatic heterocycles. The highest BCUT2D eigenvalue weighted by Gasteiger charge is 2.25. The summed E-state index contributed by atoms with van der Waals surface area (Å²) in [6.45, 7) is 2.19. The van der Waals surface area contributed by atoms with Crippen LogP contribution in [0.2, 0.25) is 0 Å². The van der Waals surface area contributed by atoms with Crippen LogP contribution in [0.1, 0.15) is 24.5 Å². The average Bonchev–Trinajstić information content (AvgIpc) is 2.70. The van der Waals surface area contributed by atoms with Gasteiger partial charge in [0.2, 0.25) is 11.8 Å². The molecule has 0 heterocycles. The van der Waals surface area contributed by atoms with Crippen molar-refractivity contribution < 1.29 is 9.59 Å². The van der Waals surface area contributed by atoms with Gasteiger partial charge in [0, 0.05) is 36.0 Å². The molecule has 1 atom stereocenters. The lowest BCUT2D eigenvalue weighted by atomic mass is 10.1. The van der Waals surface area contributed by atoms with Crippen molar-refractivity contribution in [3.63, 3.8) is 0 Å². The lowest BCUT2D eigenvalue weighted by Crippen LogP contribution is -2.46. The molecule has 2 aromatic carbocycles. The van der Waals surface area contributed by atoms with Crippen molar-refractivity contribution in [2.75, 3.05) is 12.8 Å². The van der Waals surface area contributed by atoms with Crippen molar-refractivity contribution >= 4 is 39.5 Å². The van der Waals surface area contributed by atoms with E-state index in [4.69, 9.17) is 0 Å². The summed E-state index contributed by atoms with van der Waals surface area (Å²) in [5, 5.41) is 2.64. The first-order valence-electron chi connectivity index (χ1n) is 8.88. The molecule has 1 unspecified atom stereocenters. The Balaban J connectivity index is 1.95. The van der Waals surface area contributed by atoms with Gasteiger partial charge in [-0.15, -0.1) is 0 Å². The SMILES string of the molecule is CNC(=O)C(C)N(Cc1ccc(Br)cc1)C(=O)CCSCc1ccccc1. The predicted octanol–water partition coefficient (Wildman–Crippen LogP) is 4.24. The van der Waals surface area contributed by atoms with E-state index in [1.54, 1.807) is 30.6 Å². The zero-order chi connectivity index (χ0) is 19.6. The van der Waals surface area contributed by atoms with Crippen molar-refractivity contribution in [3.05, 3.63) is 70.2 Å². The maximum absolute atomic E-state index is 12.8. The predicted molar refractivity (Wildman–Crippen MR) is 115 cm³/mol. The lowest BCUT2D eigenvalue weighted by molar-refractivity contribution is -0.140. The molecule has 4 nitrogen and oxygen atoms in total. The first-order chi connectivity index (χ1) is 13.0. The Kier molecular flexibility index (Phi) is 8.88. The van der Waals surface area contributed by atoms with Gasteiger partial charge in [0.25, 0.3) is 0 Å². The van der Waals surface area contributed by atoms with Crippen LogP contribution in [0.4, 0.5) is 0 Å². The van der Waals surface area contributed by atoms with Gasteiger partial charge in [-0.25, -0.2) is 0 Å². The summed E-state index contributed by atoms with van der Waals surface area (Å²) in [6.07, 6.45) is 0.412. The second-order valence-corrected chi connectivity index (χ2v) is 8.25. The van der Waals surface area contributed by atoms with E-state index in [0.29, 0.717) is 13.0 Å². The number of hydrogen-bond donors (Lipinski definition) is 1. The van der Waals surface area contributed by atoms with Crippen LogP contribution in [0.3, 0.4) is 0 Å². The topological polar surface area (TPSA) is 49.4 Å². The first kappa shape index (κ1) is 21.5. The smallest absolute Gasteiger partial charge is 0.242 e. The molecule has 0 bridgehead atoms. The molecule has 0 saturated heterocycles. The number of benzene rings is 2. The van der Waals surface area contributed by atoms with E-state index in [9.17, 15) is 9.59 Å². The van der Waals surface area contributed by atoms with Gasteiger partial charge in [-0.3, -0.25) is 9.59 Å². The van der Waals surface area contributed by atoms with Gasteiger partial charge in [0.15, 0.2) is 0 Å². The van der Waals surface area contributed by atoms with Crippen LogP contribution >= 0.6 is 27.7 Å². The molecule has 144 valence electrons. The van der Waals surface area contributed by atoms with E-state index in [1.165, 1.54) is 5.56 Å². The number of nitrogens with zero attached hydrogens (tertiary/aromatic N) is 1. The van der Waals surface area contributed by atoms with Crippen molar-refractivity contribution in [3.8, 4) is 0 Å². The quantitative estimate of drug-likeness (QED) is 0.583. The molecule has 0 radical (unpaired) electrons. The molecule has 1 N–H and O–H groups in total. The van der Waals surface area contributed by atoms with Crippen LogP contribution in [0, 0.1) is 0 Å². The van der Waals surface area contributed by atoms with Crippen molar-refractivity contribution in [1.82, 2.24) is 10.2 Å². The van der Waals surface area contributed by atoms with E-state index in [0.717, 1.165) is 21.5 Å². The maximum Gasteiger partial charge on any atom is 0.242 e. The summed E-state index contributed by atoms with van der Waals surface area (Å²) in [6, 6.07) is 17.5. The first-order valence-corrected chi connectivity index (χ1v) is 10.8. The standard InChI is InChI=1S/C21H25BrN2O2S/c1-16(21(26)23-2)24(14-17-8-10-19(22)11-9-17)20(25)12-13-27-15-18-6-4-3-5-7-18/h3-11,16H,12-15H2,1-2H3,(H,23,26). The number of thioether (sulfide) groups is 1. The molecule has 0 spiro atoms. The third-order valence-electron chi connectivity index (χ3n) is 4.25. The third-order valence-corrected chi connectivity index (χ3v) is 5.81. The van der Waals surface area contributed by atoms with E-state index in [1.807, 2.05) is 42.5 Å². The van der Waals surface area contributed by atoms with E-state index < -0.39 is 6.04 Å². The summed E-state index contributed by atoms with van der Waals surface area (Å²) in [5.41, 5.74) is 2.25. The van der Waals surface area contributed by atoms with Gasteiger partial charge >= 0.3 is 0 Å². The normalized spacial score (nSPS) is 11.7. The lowest BCUT2D eigenvalue weighted by Gasteiger charge is -2.28. The molecule has 27 heavy (non-hydrogen) atoms. The molecule has 0 aliphatic rings. The summed E-state index contributed by atoms with van der Waals surface area (Å²) in [5.74, 6) is 1.45. The minimum Gasteiger partial charge on any atom is -0.357 e. The highest BCUT2D eigenvalue weighted by Crippen LogP contribution is 2.17. The van der Waals surface area contributed by atoms with E-state index in [-0.39, 0.29) is 11.8 Å². The van der Waals surface area contributed by atoms with Gasteiger partial charge in [0.1, 0.15) is 6.04 Å². The second kappa shape index (κ2) is 11.1. The fraction of sp³-hybridized carbons (Fsp3) is 0.333. The Labute approximate surface area is 173 Å². The number of amides is 2. The Morgan fingerprint density at radius 2 is 1.74 bits per heavy atom. The molecule has 0 saturated carbocycles. The van der Waals surface area contributed by atoms with Crippen LogP contribution in [-0.2, 0) is 21.9 Å². The van der Waals surface area contributed by atoms with Crippen LogP contribution in [0.25, 0.3) is 0 Å². The molecule has 0 fully saturated rings. The fourth-order valence-corrected chi connectivity index (χ4v) is 3.80.